The Bertz CT molecular complexity index is 96.6. The highest BCUT2D eigenvalue weighted by molar-refractivity contribution is 4.92. The highest BCUT2D eigenvalue weighted by atomic mass is 14.0. The first-order valence-corrected chi connectivity index (χ1v) is 4.09. The summed E-state index contributed by atoms with van der Waals surface area (Å²) >= 11 is 0. The molecule has 0 aromatic rings. The predicted octanol–water partition coefficient (Wildman–Crippen LogP) is 3.59. The molecule has 0 unspecified atom stereocenters. The molecule has 0 N–H and O–H groups in total. The Kier molecular flexibility index (Phi) is 5.38. The topological polar surface area (TPSA) is 0 Å². The lowest BCUT2D eigenvalue weighted by molar-refractivity contribution is 0.544. The fourth-order valence-corrected chi connectivity index (χ4v) is 0.801. The van der Waals surface area contributed by atoms with Crippen molar-refractivity contribution in [1.29, 1.82) is 0 Å². The maximum absolute atomic E-state index is 3.86. The van der Waals surface area contributed by atoms with E-state index < -0.39 is 0 Å². The molecule has 10 heavy (non-hydrogen) atoms. The monoisotopic (exact) mass is 139 g/mol. The molecule has 0 bridgehead atoms. The molecule has 0 nitrogen and oxygen atoms in total. The Morgan fingerprint density at radius 2 is 2.10 bits per heavy atom. The highest BCUT2D eigenvalue weighted by Gasteiger charge is 1.94. The Morgan fingerprint density at radius 1 is 1.50 bits per heavy atom. The number of hydrogen-bond donors (Lipinski definition) is 0. The van der Waals surface area contributed by atoms with E-state index in [1.165, 1.54) is 18.4 Å². The van der Waals surface area contributed by atoms with Gasteiger partial charge in [0.05, 0.1) is 0 Å². The highest BCUT2D eigenvalue weighted by Crippen LogP contribution is 2.10. The van der Waals surface area contributed by atoms with E-state index in [4.69, 9.17) is 0 Å². The largest absolute Gasteiger partial charge is 0.0859 e. The van der Waals surface area contributed by atoms with Crippen molar-refractivity contribution in [2.75, 3.05) is 0 Å². The third kappa shape index (κ3) is 5.87. The van der Waals surface area contributed by atoms with Crippen LogP contribution in [0.5, 0.6) is 0 Å². The molecule has 0 aromatic carbocycles. The average molecular weight is 139 g/mol. The van der Waals surface area contributed by atoms with Gasteiger partial charge in [-0.1, -0.05) is 31.9 Å². The second kappa shape index (κ2) is 5.52. The van der Waals surface area contributed by atoms with Crippen molar-refractivity contribution >= 4 is 0 Å². The molecule has 0 aliphatic rings. The van der Waals surface area contributed by atoms with Crippen LogP contribution in [0, 0.1) is 12.8 Å². The summed E-state index contributed by atoms with van der Waals surface area (Å²) < 4.78 is 0. The molecule has 0 aromatic heterocycles. The lowest BCUT2D eigenvalue weighted by Gasteiger charge is -2.04. The van der Waals surface area contributed by atoms with E-state index in [0.29, 0.717) is 0 Å². The van der Waals surface area contributed by atoms with Crippen LogP contribution in [0.15, 0.2) is 11.6 Å². The Balaban J connectivity index is 3.28. The quantitative estimate of drug-likeness (QED) is 0.522. The molecule has 0 heteroatoms. The second-order valence-electron chi connectivity index (χ2n) is 3.25. The van der Waals surface area contributed by atoms with E-state index in [0.717, 1.165) is 12.3 Å². The molecule has 1 atom stereocenters. The van der Waals surface area contributed by atoms with Crippen molar-refractivity contribution in [3.05, 3.63) is 18.6 Å². The van der Waals surface area contributed by atoms with Gasteiger partial charge >= 0.3 is 0 Å². The summed E-state index contributed by atoms with van der Waals surface area (Å²) in [6.07, 6.45) is 5.87. The van der Waals surface area contributed by atoms with Gasteiger partial charge in [-0.15, -0.1) is 0 Å². The molecule has 59 valence electrons. The minimum Gasteiger partial charge on any atom is -0.0859 e. The summed E-state index contributed by atoms with van der Waals surface area (Å²) in [5, 5.41) is 0. The number of allylic oxidation sites excluding steroid dienone is 2. The zero-order chi connectivity index (χ0) is 7.98. The number of rotatable bonds is 4. The van der Waals surface area contributed by atoms with Crippen LogP contribution in [0.4, 0.5) is 0 Å². The first kappa shape index (κ1) is 9.74. The van der Waals surface area contributed by atoms with Gasteiger partial charge in [0, 0.05) is 0 Å². The van der Waals surface area contributed by atoms with Crippen LogP contribution in [0.3, 0.4) is 0 Å². The van der Waals surface area contributed by atoms with Crippen molar-refractivity contribution < 1.29 is 0 Å². The molecular weight excluding hydrogens is 120 g/mol. The summed E-state index contributed by atoms with van der Waals surface area (Å²) in [6.45, 7) is 10.4. The molecular formula is C10H19. The molecule has 0 aliphatic carbocycles. The van der Waals surface area contributed by atoms with Gasteiger partial charge in [-0.3, -0.25) is 0 Å². The lowest BCUT2D eigenvalue weighted by Crippen LogP contribution is -1.89. The van der Waals surface area contributed by atoms with E-state index in [9.17, 15) is 0 Å². The molecule has 0 rings (SSSR count). The van der Waals surface area contributed by atoms with E-state index in [1.54, 1.807) is 0 Å². The summed E-state index contributed by atoms with van der Waals surface area (Å²) in [6, 6.07) is 0. The molecule has 0 amide bonds. The van der Waals surface area contributed by atoms with Gasteiger partial charge < -0.3 is 0 Å². The molecule has 0 fully saturated rings. The van der Waals surface area contributed by atoms with E-state index in [-0.39, 0.29) is 0 Å². The molecule has 0 heterocycles. The minimum atomic E-state index is 0.788. The van der Waals surface area contributed by atoms with Crippen LogP contribution in [-0.2, 0) is 0 Å². The van der Waals surface area contributed by atoms with Crippen molar-refractivity contribution in [1.82, 2.24) is 0 Å². The summed E-state index contributed by atoms with van der Waals surface area (Å²) in [5.74, 6) is 0.788. The zero-order valence-electron chi connectivity index (χ0n) is 7.48. The average Bonchev–Trinajstić information content (AvgIpc) is 1.87. The normalized spacial score (nSPS) is 12.8. The van der Waals surface area contributed by atoms with Gasteiger partial charge in [0.15, 0.2) is 0 Å². The molecule has 0 saturated heterocycles. The van der Waals surface area contributed by atoms with E-state index in [2.05, 4.69) is 33.8 Å². The molecule has 0 aliphatic heterocycles. The Labute approximate surface area is 65.3 Å². The van der Waals surface area contributed by atoms with Crippen molar-refractivity contribution in [3.8, 4) is 0 Å². The maximum Gasteiger partial charge on any atom is -0.0346 e. The fraction of sp³-hybridized carbons (Fsp3) is 0.700. The van der Waals surface area contributed by atoms with Crippen LogP contribution < -0.4 is 0 Å². The van der Waals surface area contributed by atoms with Gasteiger partial charge in [0.2, 0.25) is 0 Å². The summed E-state index contributed by atoms with van der Waals surface area (Å²) in [4.78, 5) is 0. The SMILES string of the molecule is [CH2]C[C@@H](C)CCC=C(C)C. The van der Waals surface area contributed by atoms with Crippen LogP contribution in [0.2, 0.25) is 0 Å². The standard InChI is InChI=1S/C10H19/c1-5-10(4)8-6-7-9(2)3/h7,10H,1,5-6,8H2,2-4H3/t10-/m1/s1. The van der Waals surface area contributed by atoms with E-state index in [1.807, 2.05) is 0 Å². The summed E-state index contributed by atoms with van der Waals surface area (Å²) in [7, 11) is 0. The lowest BCUT2D eigenvalue weighted by atomic mass is 10.0. The van der Waals surface area contributed by atoms with Crippen molar-refractivity contribution in [3.63, 3.8) is 0 Å². The first-order valence-electron chi connectivity index (χ1n) is 4.09. The molecule has 0 spiro atoms. The van der Waals surface area contributed by atoms with Crippen LogP contribution in [0.1, 0.15) is 40.0 Å². The fourth-order valence-electron chi connectivity index (χ4n) is 0.801. The number of hydrogen-bond acceptors (Lipinski definition) is 0. The van der Waals surface area contributed by atoms with Crippen LogP contribution in [0.25, 0.3) is 0 Å². The summed E-state index contributed by atoms with van der Waals surface area (Å²) in [5.41, 5.74) is 1.43. The minimum absolute atomic E-state index is 0.788. The Hall–Kier alpha value is -0.260. The van der Waals surface area contributed by atoms with Gasteiger partial charge in [0.1, 0.15) is 0 Å². The van der Waals surface area contributed by atoms with Gasteiger partial charge in [-0.2, -0.15) is 0 Å². The van der Waals surface area contributed by atoms with Gasteiger partial charge in [-0.05, 0) is 32.6 Å². The van der Waals surface area contributed by atoms with Crippen LogP contribution in [-0.4, -0.2) is 0 Å². The van der Waals surface area contributed by atoms with Gasteiger partial charge in [-0.25, -0.2) is 0 Å². The second-order valence-corrected chi connectivity index (χ2v) is 3.25. The predicted molar refractivity (Wildman–Crippen MR) is 47.8 cm³/mol. The van der Waals surface area contributed by atoms with Crippen LogP contribution >= 0.6 is 0 Å². The van der Waals surface area contributed by atoms with E-state index >= 15 is 0 Å². The maximum atomic E-state index is 3.86. The molecule has 1 radical (unpaired) electrons. The van der Waals surface area contributed by atoms with Crippen molar-refractivity contribution in [2.45, 2.75) is 40.0 Å². The third-order valence-electron chi connectivity index (χ3n) is 1.70. The van der Waals surface area contributed by atoms with Gasteiger partial charge in [0.25, 0.3) is 0 Å². The smallest absolute Gasteiger partial charge is 0.0346 e. The van der Waals surface area contributed by atoms with Crippen molar-refractivity contribution in [2.24, 2.45) is 5.92 Å². The zero-order valence-corrected chi connectivity index (χ0v) is 7.48. The third-order valence-corrected chi connectivity index (χ3v) is 1.70. The molecule has 0 saturated carbocycles. The Morgan fingerprint density at radius 3 is 2.50 bits per heavy atom. The first-order chi connectivity index (χ1) is 4.66.